The third-order valence-corrected chi connectivity index (χ3v) is 2.09. The van der Waals surface area contributed by atoms with E-state index in [9.17, 15) is 0 Å². The summed E-state index contributed by atoms with van der Waals surface area (Å²) in [7, 11) is 0. The van der Waals surface area contributed by atoms with Gasteiger partial charge in [0.15, 0.2) is 0 Å². The molecule has 1 aliphatic heterocycles. The van der Waals surface area contributed by atoms with E-state index in [1.807, 2.05) is 6.92 Å². The lowest BCUT2D eigenvalue weighted by Crippen LogP contribution is -2.39. The second-order valence-corrected chi connectivity index (χ2v) is 3.29. The van der Waals surface area contributed by atoms with Crippen molar-refractivity contribution in [1.29, 1.82) is 0 Å². The predicted molar refractivity (Wildman–Crippen MR) is 47.3 cm³/mol. The highest BCUT2D eigenvalue weighted by Gasteiger charge is 2.09. The molecular formula is C8H19N3. The van der Waals surface area contributed by atoms with E-state index in [2.05, 4.69) is 10.2 Å². The zero-order valence-corrected chi connectivity index (χ0v) is 7.34. The van der Waals surface area contributed by atoms with Gasteiger partial charge in [0.05, 0.1) is 6.17 Å². The highest BCUT2D eigenvalue weighted by Crippen LogP contribution is 2.05. The zero-order chi connectivity index (χ0) is 8.10. The topological polar surface area (TPSA) is 41.3 Å². The fraction of sp³-hybridized carbons (Fsp3) is 1.00. The van der Waals surface area contributed by atoms with E-state index >= 15 is 0 Å². The molecular weight excluding hydrogens is 138 g/mol. The normalized spacial score (nSPS) is 22.4. The Bertz CT molecular complexity index is 97.5. The molecule has 0 aromatic rings. The Kier molecular flexibility index (Phi) is 3.83. The molecule has 3 nitrogen and oxygen atoms in total. The number of hydrogen-bond acceptors (Lipinski definition) is 3. The van der Waals surface area contributed by atoms with Gasteiger partial charge in [-0.15, -0.1) is 0 Å². The molecule has 1 fully saturated rings. The fourth-order valence-corrected chi connectivity index (χ4v) is 1.46. The first-order valence-corrected chi connectivity index (χ1v) is 4.50. The van der Waals surface area contributed by atoms with Gasteiger partial charge in [-0.05, 0) is 32.9 Å². The van der Waals surface area contributed by atoms with E-state index in [4.69, 9.17) is 5.73 Å². The third-order valence-electron chi connectivity index (χ3n) is 2.09. The van der Waals surface area contributed by atoms with Crippen LogP contribution < -0.4 is 11.1 Å². The molecule has 1 saturated heterocycles. The SMILES string of the molecule is CC(N)NCCN1CCCC1. The van der Waals surface area contributed by atoms with Crippen molar-refractivity contribution < 1.29 is 0 Å². The summed E-state index contributed by atoms with van der Waals surface area (Å²) in [4.78, 5) is 2.48. The molecule has 66 valence electrons. The summed E-state index contributed by atoms with van der Waals surface area (Å²) in [5, 5.41) is 3.21. The quantitative estimate of drug-likeness (QED) is 0.563. The molecule has 0 amide bonds. The van der Waals surface area contributed by atoms with Gasteiger partial charge >= 0.3 is 0 Å². The molecule has 1 heterocycles. The smallest absolute Gasteiger partial charge is 0.0517 e. The molecule has 0 aliphatic carbocycles. The molecule has 0 aromatic carbocycles. The minimum Gasteiger partial charge on any atom is -0.316 e. The summed E-state index contributed by atoms with van der Waals surface area (Å²) >= 11 is 0. The first kappa shape index (κ1) is 8.97. The van der Waals surface area contributed by atoms with Crippen LogP contribution >= 0.6 is 0 Å². The van der Waals surface area contributed by atoms with Crippen LogP contribution in [-0.2, 0) is 0 Å². The molecule has 0 spiro atoms. The molecule has 1 atom stereocenters. The number of hydrogen-bond donors (Lipinski definition) is 2. The molecule has 1 rings (SSSR count). The minimum atomic E-state index is 0.137. The van der Waals surface area contributed by atoms with Gasteiger partial charge in [-0.3, -0.25) is 0 Å². The molecule has 3 N–H and O–H groups in total. The standard InChI is InChI=1S/C8H19N3/c1-8(9)10-4-7-11-5-2-3-6-11/h8,10H,2-7,9H2,1H3. The van der Waals surface area contributed by atoms with Crippen molar-refractivity contribution in [2.45, 2.75) is 25.9 Å². The van der Waals surface area contributed by atoms with Crippen LogP contribution in [0.25, 0.3) is 0 Å². The van der Waals surface area contributed by atoms with E-state index in [0.717, 1.165) is 13.1 Å². The Morgan fingerprint density at radius 3 is 2.64 bits per heavy atom. The van der Waals surface area contributed by atoms with Crippen LogP contribution in [0, 0.1) is 0 Å². The largest absolute Gasteiger partial charge is 0.316 e. The van der Waals surface area contributed by atoms with Crippen LogP contribution in [-0.4, -0.2) is 37.2 Å². The molecule has 0 aromatic heterocycles. The van der Waals surface area contributed by atoms with E-state index in [-0.39, 0.29) is 6.17 Å². The van der Waals surface area contributed by atoms with E-state index in [1.165, 1.54) is 25.9 Å². The van der Waals surface area contributed by atoms with E-state index < -0.39 is 0 Å². The second kappa shape index (κ2) is 4.70. The van der Waals surface area contributed by atoms with Crippen LogP contribution in [0.4, 0.5) is 0 Å². The van der Waals surface area contributed by atoms with Crippen molar-refractivity contribution in [3.05, 3.63) is 0 Å². The monoisotopic (exact) mass is 157 g/mol. The Labute approximate surface area is 68.9 Å². The van der Waals surface area contributed by atoms with Crippen molar-refractivity contribution in [3.63, 3.8) is 0 Å². The van der Waals surface area contributed by atoms with Crippen LogP contribution in [0.2, 0.25) is 0 Å². The number of nitrogens with zero attached hydrogens (tertiary/aromatic N) is 1. The zero-order valence-electron chi connectivity index (χ0n) is 7.34. The third kappa shape index (κ3) is 3.70. The Morgan fingerprint density at radius 1 is 1.45 bits per heavy atom. The van der Waals surface area contributed by atoms with Crippen molar-refractivity contribution >= 4 is 0 Å². The lowest BCUT2D eigenvalue weighted by Gasteiger charge is -2.15. The molecule has 1 unspecified atom stereocenters. The Morgan fingerprint density at radius 2 is 2.09 bits per heavy atom. The summed E-state index contributed by atoms with van der Waals surface area (Å²) in [5.41, 5.74) is 5.55. The van der Waals surface area contributed by atoms with Crippen LogP contribution in [0.5, 0.6) is 0 Å². The Balaban J connectivity index is 1.94. The highest BCUT2D eigenvalue weighted by atomic mass is 15.2. The average Bonchev–Trinajstić information content (AvgIpc) is 2.39. The molecule has 0 saturated carbocycles. The van der Waals surface area contributed by atoms with Crippen LogP contribution in [0.3, 0.4) is 0 Å². The minimum absolute atomic E-state index is 0.137. The van der Waals surface area contributed by atoms with Gasteiger partial charge in [-0.1, -0.05) is 0 Å². The maximum Gasteiger partial charge on any atom is 0.0517 e. The molecule has 0 bridgehead atoms. The molecule has 3 heteroatoms. The summed E-state index contributed by atoms with van der Waals surface area (Å²) < 4.78 is 0. The van der Waals surface area contributed by atoms with Crippen molar-refractivity contribution in [2.24, 2.45) is 5.73 Å². The summed E-state index contributed by atoms with van der Waals surface area (Å²) in [5.74, 6) is 0. The Hall–Kier alpha value is -0.120. The maximum atomic E-state index is 5.55. The van der Waals surface area contributed by atoms with Gasteiger partial charge < -0.3 is 16.0 Å². The summed E-state index contributed by atoms with van der Waals surface area (Å²) in [6, 6.07) is 0. The number of likely N-dealkylation sites (tertiary alicyclic amines) is 1. The second-order valence-electron chi connectivity index (χ2n) is 3.29. The van der Waals surface area contributed by atoms with Gasteiger partial charge in [-0.25, -0.2) is 0 Å². The van der Waals surface area contributed by atoms with Gasteiger partial charge in [0.25, 0.3) is 0 Å². The van der Waals surface area contributed by atoms with Gasteiger partial charge in [0.1, 0.15) is 0 Å². The molecule has 11 heavy (non-hydrogen) atoms. The number of nitrogens with one attached hydrogen (secondary N) is 1. The van der Waals surface area contributed by atoms with Gasteiger partial charge in [0, 0.05) is 13.1 Å². The van der Waals surface area contributed by atoms with Crippen molar-refractivity contribution in [1.82, 2.24) is 10.2 Å². The first-order valence-electron chi connectivity index (χ1n) is 4.50. The summed E-state index contributed by atoms with van der Waals surface area (Å²) in [6.07, 6.45) is 2.88. The van der Waals surface area contributed by atoms with Crippen molar-refractivity contribution in [2.75, 3.05) is 26.2 Å². The van der Waals surface area contributed by atoms with E-state index in [1.54, 1.807) is 0 Å². The molecule has 0 radical (unpaired) electrons. The van der Waals surface area contributed by atoms with Crippen LogP contribution in [0.1, 0.15) is 19.8 Å². The average molecular weight is 157 g/mol. The summed E-state index contributed by atoms with van der Waals surface area (Å²) in [6.45, 7) is 6.71. The molecule has 1 aliphatic rings. The lowest BCUT2D eigenvalue weighted by atomic mass is 10.4. The van der Waals surface area contributed by atoms with Crippen LogP contribution in [0.15, 0.2) is 0 Å². The van der Waals surface area contributed by atoms with Crippen molar-refractivity contribution in [3.8, 4) is 0 Å². The lowest BCUT2D eigenvalue weighted by molar-refractivity contribution is 0.330. The number of nitrogens with two attached hydrogens (primary N) is 1. The predicted octanol–water partition coefficient (Wildman–Crippen LogP) is -0.0235. The van der Waals surface area contributed by atoms with Gasteiger partial charge in [0.2, 0.25) is 0 Å². The van der Waals surface area contributed by atoms with E-state index in [0.29, 0.717) is 0 Å². The fourth-order valence-electron chi connectivity index (χ4n) is 1.46. The van der Waals surface area contributed by atoms with Gasteiger partial charge in [-0.2, -0.15) is 0 Å². The number of rotatable bonds is 4. The first-order chi connectivity index (χ1) is 5.29. The highest BCUT2D eigenvalue weighted by molar-refractivity contribution is 4.67. The maximum absolute atomic E-state index is 5.55.